The van der Waals surface area contributed by atoms with E-state index in [1.54, 1.807) is 19.0 Å². The molecule has 38 heavy (non-hydrogen) atoms. The summed E-state index contributed by atoms with van der Waals surface area (Å²) in [6.07, 6.45) is -0.0391. The van der Waals surface area contributed by atoms with Gasteiger partial charge in [-0.15, -0.1) is 0 Å². The number of anilines is 2. The maximum absolute atomic E-state index is 13.8. The van der Waals surface area contributed by atoms with Crippen LogP contribution in [0, 0.1) is 23.7 Å². The van der Waals surface area contributed by atoms with E-state index in [1.807, 2.05) is 0 Å². The molecule has 0 saturated heterocycles. The first kappa shape index (κ1) is 27.4. The molecule has 2 saturated carbocycles. The average molecular weight is 530 g/mol. The lowest BCUT2D eigenvalue weighted by molar-refractivity contribution is -0.181. The van der Waals surface area contributed by atoms with Gasteiger partial charge in [0.2, 0.25) is 11.8 Å². The fourth-order valence-electron chi connectivity index (χ4n) is 6.27. The van der Waals surface area contributed by atoms with E-state index in [0.717, 1.165) is 0 Å². The molecule has 0 spiro atoms. The highest BCUT2D eigenvalue weighted by molar-refractivity contribution is 6.32. The molecule has 0 heterocycles. The summed E-state index contributed by atoms with van der Waals surface area (Å²) in [5.74, 6) is -12.1. The molecule has 2 fully saturated rings. The van der Waals surface area contributed by atoms with E-state index in [2.05, 4.69) is 5.32 Å². The fraction of sp³-hybridized carbons (Fsp3) is 0.520. The van der Waals surface area contributed by atoms with Gasteiger partial charge < -0.3 is 31.9 Å². The number of likely N-dealkylation sites (N-methyl/N-ethyl adjacent to an activating group) is 2. The maximum atomic E-state index is 13.8. The Labute approximate surface area is 218 Å². The number of aromatic hydroxyl groups is 1. The first-order valence-electron chi connectivity index (χ1n) is 12.1. The second-order valence-electron chi connectivity index (χ2n) is 10.8. The highest BCUT2D eigenvalue weighted by Crippen LogP contribution is 2.52. The SMILES string of the molecule is CN(C)CC(=O)Nc1cc(N)c2c(c1O)C(=O)C1C(=O)[C@@]3(O)C(=O)C(C(N)=O)C(=O)[C@@H](N(C)C)[C@H]3C[C@H]1C2. The first-order chi connectivity index (χ1) is 17.6. The van der Waals surface area contributed by atoms with Crippen molar-refractivity contribution in [2.24, 2.45) is 29.4 Å². The predicted octanol–water partition coefficient (Wildman–Crippen LogP) is -2.05. The van der Waals surface area contributed by atoms with Gasteiger partial charge in [-0.05, 0) is 58.6 Å². The van der Waals surface area contributed by atoms with Crippen LogP contribution in [0.15, 0.2) is 6.07 Å². The highest BCUT2D eigenvalue weighted by atomic mass is 16.3. The zero-order valence-electron chi connectivity index (χ0n) is 21.5. The lowest BCUT2D eigenvalue weighted by Gasteiger charge is -2.52. The summed E-state index contributed by atoms with van der Waals surface area (Å²) in [5.41, 5.74) is 8.67. The van der Waals surface area contributed by atoms with Crippen LogP contribution in [0.5, 0.6) is 5.75 Å². The number of primary amides is 1. The summed E-state index contributed by atoms with van der Waals surface area (Å²) < 4.78 is 0. The zero-order chi connectivity index (χ0) is 28.4. The number of hydrogen-bond donors (Lipinski definition) is 5. The summed E-state index contributed by atoms with van der Waals surface area (Å²) in [4.78, 5) is 81.2. The smallest absolute Gasteiger partial charge is 0.238 e. The number of fused-ring (bicyclic) bond motifs is 3. The number of hydrogen-bond acceptors (Lipinski definition) is 11. The highest BCUT2D eigenvalue weighted by Gasteiger charge is 2.69. The molecular formula is C25H31N5O8. The molecule has 4 rings (SSSR count). The van der Waals surface area contributed by atoms with Gasteiger partial charge in [-0.3, -0.25) is 33.7 Å². The number of amides is 2. The normalized spacial score (nSPS) is 30.7. The van der Waals surface area contributed by atoms with Gasteiger partial charge in [0.15, 0.2) is 34.7 Å². The molecule has 2 unspecified atom stereocenters. The predicted molar refractivity (Wildman–Crippen MR) is 133 cm³/mol. The summed E-state index contributed by atoms with van der Waals surface area (Å²) in [6.45, 7) is -0.0170. The molecule has 204 valence electrons. The number of carbonyl (C=O) groups excluding carboxylic acids is 6. The van der Waals surface area contributed by atoms with E-state index in [1.165, 1.54) is 25.1 Å². The number of Topliss-reactive ketones (excluding diaryl/α,β-unsaturated/α-hetero) is 4. The van der Waals surface area contributed by atoms with Crippen LogP contribution in [-0.2, 0) is 30.4 Å². The minimum Gasteiger partial charge on any atom is -0.505 e. The van der Waals surface area contributed by atoms with Crippen molar-refractivity contribution in [1.29, 1.82) is 0 Å². The minimum atomic E-state index is -2.81. The van der Waals surface area contributed by atoms with Gasteiger partial charge in [0.25, 0.3) is 0 Å². The van der Waals surface area contributed by atoms with Gasteiger partial charge in [0, 0.05) is 11.6 Å². The molecule has 0 aliphatic heterocycles. The number of benzene rings is 1. The standard InChI is InChI=1S/C25H31N5O8/c1-29(2)8-14(31)28-13-7-12(26)10-5-9-6-11-18(30(3)4)21(34)17(24(27)37)23(36)25(11,38)22(35)15(9)20(33)16(10)19(13)32/h7,9,11,15,17-18,32,38H,5-6,8,26H2,1-4H3,(H2,27,37)(H,28,31)/t9-,11-,15?,17?,18+,25-/m1/s1. The topological polar surface area (TPSA) is 213 Å². The molecule has 3 aliphatic rings. The second-order valence-corrected chi connectivity index (χ2v) is 10.8. The number of nitrogen functional groups attached to an aromatic ring is 1. The van der Waals surface area contributed by atoms with Crippen LogP contribution >= 0.6 is 0 Å². The third-order valence-electron chi connectivity index (χ3n) is 7.83. The molecule has 13 nitrogen and oxygen atoms in total. The van der Waals surface area contributed by atoms with Crippen LogP contribution in [0.4, 0.5) is 11.4 Å². The third-order valence-corrected chi connectivity index (χ3v) is 7.83. The molecule has 1 aromatic rings. The molecule has 6 atom stereocenters. The molecule has 3 aliphatic carbocycles. The Bertz CT molecular complexity index is 1290. The van der Waals surface area contributed by atoms with Crippen LogP contribution in [0.1, 0.15) is 22.3 Å². The fourth-order valence-corrected chi connectivity index (χ4v) is 6.27. The second kappa shape index (κ2) is 9.26. The lowest BCUT2D eigenvalue weighted by Crippen LogP contribution is -2.74. The Hall–Kier alpha value is -3.68. The van der Waals surface area contributed by atoms with Gasteiger partial charge in [-0.1, -0.05) is 0 Å². The summed E-state index contributed by atoms with van der Waals surface area (Å²) >= 11 is 0. The van der Waals surface area contributed by atoms with Crippen molar-refractivity contribution in [3.05, 3.63) is 17.2 Å². The van der Waals surface area contributed by atoms with Gasteiger partial charge in [-0.25, -0.2) is 0 Å². The van der Waals surface area contributed by atoms with E-state index in [-0.39, 0.29) is 41.9 Å². The van der Waals surface area contributed by atoms with Gasteiger partial charge in [0.05, 0.1) is 29.8 Å². The maximum Gasteiger partial charge on any atom is 0.238 e. The van der Waals surface area contributed by atoms with Crippen molar-refractivity contribution in [3.8, 4) is 5.75 Å². The molecule has 13 heteroatoms. The minimum absolute atomic E-state index is 0.0170. The van der Waals surface area contributed by atoms with Gasteiger partial charge >= 0.3 is 0 Å². The number of nitrogens with zero attached hydrogens (tertiary/aromatic N) is 2. The number of aliphatic hydroxyl groups is 1. The number of phenolic OH excluding ortho intramolecular Hbond substituents is 1. The summed E-state index contributed by atoms with van der Waals surface area (Å²) in [6, 6.07) is 0.140. The van der Waals surface area contributed by atoms with Crippen molar-refractivity contribution < 1.29 is 39.0 Å². The third kappa shape index (κ3) is 3.89. The average Bonchev–Trinajstić information content (AvgIpc) is 2.78. The molecule has 0 aromatic heterocycles. The van der Waals surface area contributed by atoms with E-state index < -0.39 is 76.0 Å². The van der Waals surface area contributed by atoms with Crippen molar-refractivity contribution in [2.45, 2.75) is 24.5 Å². The number of carbonyl (C=O) groups is 6. The Morgan fingerprint density at radius 2 is 1.76 bits per heavy atom. The molecular weight excluding hydrogens is 498 g/mol. The Kier molecular flexibility index (Phi) is 6.66. The largest absolute Gasteiger partial charge is 0.505 e. The Balaban J connectivity index is 1.81. The Morgan fingerprint density at radius 3 is 2.32 bits per heavy atom. The van der Waals surface area contributed by atoms with Crippen LogP contribution in [0.2, 0.25) is 0 Å². The zero-order valence-corrected chi connectivity index (χ0v) is 21.5. The number of ketones is 4. The van der Waals surface area contributed by atoms with Crippen LogP contribution in [0.25, 0.3) is 0 Å². The van der Waals surface area contributed by atoms with Crippen molar-refractivity contribution in [3.63, 3.8) is 0 Å². The number of nitrogens with one attached hydrogen (secondary N) is 1. The molecule has 0 bridgehead atoms. The molecule has 0 radical (unpaired) electrons. The van der Waals surface area contributed by atoms with E-state index in [0.29, 0.717) is 0 Å². The number of nitrogens with two attached hydrogens (primary N) is 2. The lowest BCUT2D eigenvalue weighted by atomic mass is 9.52. The molecule has 1 aromatic carbocycles. The Morgan fingerprint density at radius 1 is 1.13 bits per heavy atom. The summed E-state index contributed by atoms with van der Waals surface area (Å²) in [5, 5.41) is 25.0. The molecule has 2 amide bonds. The summed E-state index contributed by atoms with van der Waals surface area (Å²) in [7, 11) is 6.36. The molecule has 7 N–H and O–H groups in total. The van der Waals surface area contributed by atoms with E-state index >= 15 is 0 Å². The number of rotatable bonds is 5. The van der Waals surface area contributed by atoms with Crippen LogP contribution in [-0.4, -0.2) is 101 Å². The van der Waals surface area contributed by atoms with E-state index in [4.69, 9.17) is 11.5 Å². The van der Waals surface area contributed by atoms with Crippen molar-refractivity contribution >= 4 is 46.3 Å². The van der Waals surface area contributed by atoms with Crippen molar-refractivity contribution in [2.75, 3.05) is 45.8 Å². The van der Waals surface area contributed by atoms with Crippen molar-refractivity contribution in [1.82, 2.24) is 9.80 Å². The monoisotopic (exact) mass is 529 g/mol. The number of phenols is 1. The van der Waals surface area contributed by atoms with Crippen LogP contribution < -0.4 is 16.8 Å². The van der Waals surface area contributed by atoms with E-state index in [9.17, 15) is 39.0 Å². The first-order valence-corrected chi connectivity index (χ1v) is 12.1. The quantitative estimate of drug-likeness (QED) is 0.121. The van der Waals surface area contributed by atoms with Gasteiger partial charge in [-0.2, -0.15) is 0 Å². The van der Waals surface area contributed by atoms with Gasteiger partial charge in [0.1, 0.15) is 5.75 Å². The van der Waals surface area contributed by atoms with Crippen LogP contribution in [0.3, 0.4) is 0 Å².